The molecule has 2 saturated heterocycles. The topological polar surface area (TPSA) is 39.7 Å². The fourth-order valence-electron chi connectivity index (χ4n) is 5.35. The van der Waals surface area contributed by atoms with E-state index in [1.807, 2.05) is 4.90 Å². The highest BCUT2D eigenvalue weighted by Gasteiger charge is 2.38. The maximum Gasteiger partial charge on any atom is 0.225 e. The largest absolute Gasteiger partial charge is 0.295 e. The zero-order chi connectivity index (χ0) is 20.5. The summed E-state index contributed by atoms with van der Waals surface area (Å²) in [5.74, 6) is 0.125. The number of nitrogens with zero attached hydrogens (tertiary/aromatic N) is 4. The van der Waals surface area contributed by atoms with Crippen LogP contribution in [0.1, 0.15) is 56.7 Å². The SMILES string of the molecule is CC(=O)N(c1nc(CN2CCCC2C2CCCN2Cc2ccccc2)cs1)C1CC1. The van der Waals surface area contributed by atoms with E-state index in [1.54, 1.807) is 18.3 Å². The monoisotopic (exact) mass is 424 g/mol. The third kappa shape index (κ3) is 4.32. The minimum absolute atomic E-state index is 0.125. The summed E-state index contributed by atoms with van der Waals surface area (Å²) < 4.78 is 0. The van der Waals surface area contributed by atoms with Gasteiger partial charge in [-0.3, -0.25) is 19.5 Å². The molecular weight excluding hydrogens is 392 g/mol. The lowest BCUT2D eigenvalue weighted by Crippen LogP contribution is -2.45. The summed E-state index contributed by atoms with van der Waals surface area (Å²) in [6.45, 7) is 6.00. The highest BCUT2D eigenvalue weighted by molar-refractivity contribution is 7.14. The van der Waals surface area contributed by atoms with E-state index in [1.165, 1.54) is 37.8 Å². The molecule has 0 bridgehead atoms. The average Bonchev–Trinajstić information content (AvgIpc) is 3.10. The van der Waals surface area contributed by atoms with Crippen molar-refractivity contribution in [3.8, 4) is 0 Å². The second kappa shape index (κ2) is 8.77. The molecule has 1 saturated carbocycles. The van der Waals surface area contributed by atoms with Gasteiger partial charge in [-0.1, -0.05) is 30.3 Å². The van der Waals surface area contributed by atoms with Crippen LogP contribution in [0.25, 0.3) is 0 Å². The number of hydrogen-bond acceptors (Lipinski definition) is 5. The quantitative estimate of drug-likeness (QED) is 0.665. The van der Waals surface area contributed by atoms with Crippen molar-refractivity contribution in [2.45, 2.75) is 76.7 Å². The first-order chi connectivity index (χ1) is 14.7. The van der Waals surface area contributed by atoms with Crippen LogP contribution < -0.4 is 4.90 Å². The molecule has 6 heteroatoms. The van der Waals surface area contributed by atoms with E-state index in [0.717, 1.165) is 43.3 Å². The molecule has 3 aliphatic rings. The van der Waals surface area contributed by atoms with Crippen molar-refractivity contribution in [3.05, 3.63) is 47.0 Å². The van der Waals surface area contributed by atoms with Crippen LogP contribution in [0.2, 0.25) is 0 Å². The van der Waals surface area contributed by atoms with Crippen molar-refractivity contribution >= 4 is 22.4 Å². The second-order valence-corrected chi connectivity index (χ2v) is 9.92. The highest BCUT2D eigenvalue weighted by atomic mass is 32.1. The standard InChI is InChI=1S/C24H32N4OS/c1-18(29)28(21-11-12-21)24-25-20(17-30-24)16-27-14-6-10-23(27)22-9-5-13-26(22)15-19-7-3-2-4-8-19/h2-4,7-8,17,21-23H,5-6,9-16H2,1H3. The minimum atomic E-state index is 0.125. The Bertz CT molecular complexity index is 865. The fraction of sp³-hybridized carbons (Fsp3) is 0.583. The Hall–Kier alpha value is -1.76. The van der Waals surface area contributed by atoms with Crippen molar-refractivity contribution in [3.63, 3.8) is 0 Å². The zero-order valence-corrected chi connectivity index (χ0v) is 18.7. The Kier molecular flexibility index (Phi) is 5.89. The summed E-state index contributed by atoms with van der Waals surface area (Å²) in [7, 11) is 0. The number of hydrogen-bond donors (Lipinski definition) is 0. The summed E-state index contributed by atoms with van der Waals surface area (Å²) in [6, 6.07) is 12.5. The van der Waals surface area contributed by atoms with Gasteiger partial charge in [0.2, 0.25) is 5.91 Å². The summed E-state index contributed by atoms with van der Waals surface area (Å²) in [5, 5.41) is 3.06. The van der Waals surface area contributed by atoms with E-state index in [2.05, 4.69) is 45.5 Å². The van der Waals surface area contributed by atoms with Gasteiger partial charge in [0.1, 0.15) is 0 Å². The molecule has 0 spiro atoms. The van der Waals surface area contributed by atoms with Crippen LogP contribution in [-0.4, -0.2) is 51.9 Å². The number of amides is 1. The highest BCUT2D eigenvalue weighted by Crippen LogP contribution is 2.35. The molecule has 0 radical (unpaired) electrons. The molecule has 1 aliphatic carbocycles. The average molecular weight is 425 g/mol. The molecule has 5 nitrogen and oxygen atoms in total. The van der Waals surface area contributed by atoms with Gasteiger partial charge >= 0.3 is 0 Å². The first-order valence-electron chi connectivity index (χ1n) is 11.5. The summed E-state index contributed by atoms with van der Waals surface area (Å²) in [4.78, 5) is 24.2. The third-order valence-electron chi connectivity index (χ3n) is 6.86. The molecule has 5 rings (SSSR count). The molecule has 2 aromatic rings. The van der Waals surface area contributed by atoms with Gasteiger partial charge in [-0.15, -0.1) is 11.3 Å². The van der Waals surface area contributed by atoms with Gasteiger partial charge in [-0.25, -0.2) is 4.98 Å². The Labute approximate surface area is 183 Å². The lowest BCUT2D eigenvalue weighted by atomic mass is 10.0. The van der Waals surface area contributed by atoms with Crippen LogP contribution in [0.15, 0.2) is 35.7 Å². The van der Waals surface area contributed by atoms with E-state index in [4.69, 9.17) is 4.98 Å². The maximum absolute atomic E-state index is 12.1. The van der Waals surface area contributed by atoms with Gasteiger partial charge in [0.05, 0.1) is 5.69 Å². The third-order valence-corrected chi connectivity index (χ3v) is 7.75. The van der Waals surface area contributed by atoms with Crippen LogP contribution in [0.4, 0.5) is 5.13 Å². The number of likely N-dealkylation sites (tertiary alicyclic amines) is 2. The molecule has 30 heavy (non-hydrogen) atoms. The summed E-state index contributed by atoms with van der Waals surface area (Å²) in [5.41, 5.74) is 2.55. The first kappa shape index (κ1) is 20.2. The molecule has 2 aliphatic heterocycles. The van der Waals surface area contributed by atoms with Gasteiger partial charge in [0, 0.05) is 43.5 Å². The molecule has 2 unspecified atom stereocenters. The fourth-order valence-corrected chi connectivity index (χ4v) is 6.28. The number of carbonyl (C=O) groups excluding carboxylic acids is 1. The number of thiazole rings is 1. The minimum Gasteiger partial charge on any atom is -0.295 e. The maximum atomic E-state index is 12.1. The van der Waals surface area contributed by atoms with Crippen LogP contribution in [0.3, 0.4) is 0 Å². The molecule has 160 valence electrons. The molecule has 3 fully saturated rings. The van der Waals surface area contributed by atoms with Gasteiger partial charge in [-0.05, 0) is 57.2 Å². The van der Waals surface area contributed by atoms with Gasteiger partial charge in [0.25, 0.3) is 0 Å². The van der Waals surface area contributed by atoms with Crippen LogP contribution in [-0.2, 0) is 17.9 Å². The van der Waals surface area contributed by atoms with Crippen molar-refractivity contribution < 1.29 is 4.79 Å². The van der Waals surface area contributed by atoms with Crippen molar-refractivity contribution in [2.24, 2.45) is 0 Å². The van der Waals surface area contributed by atoms with E-state index in [-0.39, 0.29) is 5.91 Å². The van der Waals surface area contributed by atoms with Crippen molar-refractivity contribution in [2.75, 3.05) is 18.0 Å². The predicted octanol–water partition coefficient (Wildman–Crippen LogP) is 4.29. The molecule has 1 aromatic carbocycles. The Balaban J connectivity index is 1.26. The van der Waals surface area contributed by atoms with Crippen LogP contribution in [0.5, 0.6) is 0 Å². The Morgan fingerprint density at radius 2 is 1.70 bits per heavy atom. The Morgan fingerprint density at radius 3 is 2.33 bits per heavy atom. The van der Waals surface area contributed by atoms with Crippen molar-refractivity contribution in [1.82, 2.24) is 14.8 Å². The zero-order valence-electron chi connectivity index (χ0n) is 17.9. The van der Waals surface area contributed by atoms with E-state index < -0.39 is 0 Å². The van der Waals surface area contributed by atoms with Gasteiger partial charge in [0.15, 0.2) is 5.13 Å². The summed E-state index contributed by atoms with van der Waals surface area (Å²) >= 11 is 1.63. The first-order valence-corrected chi connectivity index (χ1v) is 12.3. The smallest absolute Gasteiger partial charge is 0.225 e. The molecule has 1 aromatic heterocycles. The number of anilines is 1. The van der Waals surface area contributed by atoms with Crippen molar-refractivity contribution in [1.29, 1.82) is 0 Å². The van der Waals surface area contributed by atoms with Crippen LogP contribution >= 0.6 is 11.3 Å². The second-order valence-electron chi connectivity index (χ2n) is 9.09. The Morgan fingerprint density at radius 1 is 1.03 bits per heavy atom. The van der Waals surface area contributed by atoms with Gasteiger partial charge in [-0.2, -0.15) is 0 Å². The predicted molar refractivity (Wildman–Crippen MR) is 122 cm³/mol. The summed E-state index contributed by atoms with van der Waals surface area (Å²) in [6.07, 6.45) is 7.39. The van der Waals surface area contributed by atoms with Crippen LogP contribution in [0, 0.1) is 0 Å². The number of carbonyl (C=O) groups is 1. The lowest BCUT2D eigenvalue weighted by Gasteiger charge is -2.35. The number of aromatic nitrogens is 1. The molecule has 3 heterocycles. The number of benzene rings is 1. The lowest BCUT2D eigenvalue weighted by molar-refractivity contribution is -0.116. The molecule has 2 atom stereocenters. The van der Waals surface area contributed by atoms with Gasteiger partial charge < -0.3 is 0 Å². The molecule has 1 amide bonds. The number of rotatable bonds is 7. The van der Waals surface area contributed by atoms with E-state index in [9.17, 15) is 4.79 Å². The van der Waals surface area contributed by atoms with E-state index in [0.29, 0.717) is 18.1 Å². The molecular formula is C24H32N4OS. The normalized spacial score (nSPS) is 25.1. The molecule has 0 N–H and O–H groups in total. The van der Waals surface area contributed by atoms with E-state index >= 15 is 0 Å².